The number of hydrogen-bond donors (Lipinski definition) is 1. The number of alkyl halides is 1. The third-order valence-corrected chi connectivity index (χ3v) is 2.35. The highest BCUT2D eigenvalue weighted by Crippen LogP contribution is 2.26. The first kappa shape index (κ1) is 7.80. The second kappa shape index (κ2) is 2.90. The zero-order valence-electron chi connectivity index (χ0n) is 6.71. The van der Waals surface area contributed by atoms with E-state index in [2.05, 4.69) is 39.1 Å². The van der Waals surface area contributed by atoms with Gasteiger partial charge in [-0.25, -0.2) is 0 Å². The summed E-state index contributed by atoms with van der Waals surface area (Å²) in [5.74, 6) is 0. The van der Waals surface area contributed by atoms with Crippen molar-refractivity contribution in [2.75, 3.05) is 0 Å². The molecule has 1 unspecified atom stereocenters. The summed E-state index contributed by atoms with van der Waals surface area (Å²) in [5, 5.41) is 8.40. The van der Waals surface area contributed by atoms with Crippen molar-refractivity contribution in [2.45, 2.75) is 11.8 Å². The Morgan fingerprint density at radius 3 is 2.92 bits per heavy atom. The van der Waals surface area contributed by atoms with E-state index < -0.39 is 0 Å². The number of fused-ring (bicyclic) bond motifs is 1. The van der Waals surface area contributed by atoms with E-state index in [9.17, 15) is 0 Å². The topological polar surface area (TPSA) is 28.7 Å². The van der Waals surface area contributed by atoms with Crippen LogP contribution >= 0.6 is 15.9 Å². The molecule has 1 aromatic heterocycles. The molecule has 0 bridgehead atoms. The zero-order valence-corrected chi connectivity index (χ0v) is 8.30. The normalized spacial score (nSPS) is 13.5. The lowest BCUT2D eigenvalue weighted by molar-refractivity contribution is 0.981. The molecule has 0 spiro atoms. The molecule has 62 valence electrons. The van der Waals surface area contributed by atoms with Crippen molar-refractivity contribution >= 4 is 26.8 Å². The molecular weight excluding hydrogens is 216 g/mol. The van der Waals surface area contributed by atoms with E-state index in [-0.39, 0.29) is 0 Å². The Bertz CT molecular complexity index is 392. The first-order valence-corrected chi connectivity index (χ1v) is 4.77. The molecule has 1 atom stereocenters. The minimum atomic E-state index is 0.324. The molecule has 1 N–H and O–H groups in total. The van der Waals surface area contributed by atoms with Crippen LogP contribution in [0.3, 0.4) is 0 Å². The molecule has 0 aliphatic heterocycles. The molecule has 12 heavy (non-hydrogen) atoms. The van der Waals surface area contributed by atoms with Gasteiger partial charge >= 0.3 is 0 Å². The van der Waals surface area contributed by atoms with Gasteiger partial charge in [0.15, 0.2) is 0 Å². The van der Waals surface area contributed by atoms with E-state index in [1.807, 2.05) is 18.2 Å². The molecule has 0 aliphatic carbocycles. The van der Waals surface area contributed by atoms with E-state index in [1.54, 1.807) is 0 Å². The van der Waals surface area contributed by atoms with Crippen LogP contribution in [0.4, 0.5) is 0 Å². The highest BCUT2D eigenvalue weighted by molar-refractivity contribution is 9.09. The van der Waals surface area contributed by atoms with Crippen LogP contribution in [0.1, 0.15) is 17.4 Å². The molecule has 0 aliphatic rings. The Labute approximate surface area is 79.1 Å². The molecule has 1 aromatic carbocycles. The van der Waals surface area contributed by atoms with Gasteiger partial charge in [0.25, 0.3) is 0 Å². The summed E-state index contributed by atoms with van der Waals surface area (Å²) in [6, 6.07) is 8.10. The summed E-state index contributed by atoms with van der Waals surface area (Å²) in [6.45, 7) is 2.08. The Kier molecular flexibility index (Phi) is 1.89. The number of aromatic amines is 1. The number of benzene rings is 1. The van der Waals surface area contributed by atoms with E-state index in [1.165, 1.54) is 5.39 Å². The third-order valence-electron chi connectivity index (χ3n) is 1.89. The Morgan fingerprint density at radius 2 is 2.17 bits per heavy atom. The maximum absolute atomic E-state index is 4.18. The summed E-state index contributed by atoms with van der Waals surface area (Å²) in [5.41, 5.74) is 2.17. The Morgan fingerprint density at radius 1 is 1.42 bits per heavy atom. The lowest BCUT2D eigenvalue weighted by Crippen LogP contribution is -1.83. The van der Waals surface area contributed by atoms with Crippen molar-refractivity contribution < 1.29 is 0 Å². The second-order valence-corrected chi connectivity index (χ2v) is 4.14. The maximum atomic E-state index is 4.18. The lowest BCUT2D eigenvalue weighted by atomic mass is 10.2. The molecular formula is C9H9BrN2. The summed E-state index contributed by atoms with van der Waals surface area (Å²) < 4.78 is 0. The zero-order chi connectivity index (χ0) is 8.55. The molecule has 0 radical (unpaired) electrons. The number of H-pyrrole nitrogens is 1. The van der Waals surface area contributed by atoms with Crippen molar-refractivity contribution in [2.24, 2.45) is 0 Å². The number of nitrogens with one attached hydrogen (secondary N) is 1. The third kappa shape index (κ3) is 1.14. The van der Waals surface area contributed by atoms with E-state index in [0.717, 1.165) is 11.2 Å². The van der Waals surface area contributed by atoms with Crippen molar-refractivity contribution in [3.63, 3.8) is 0 Å². The molecule has 3 heteroatoms. The van der Waals surface area contributed by atoms with Crippen LogP contribution < -0.4 is 0 Å². The van der Waals surface area contributed by atoms with Crippen LogP contribution in [-0.2, 0) is 0 Å². The molecule has 2 aromatic rings. The highest BCUT2D eigenvalue weighted by Gasteiger charge is 2.07. The van der Waals surface area contributed by atoms with Gasteiger partial charge in [-0.2, -0.15) is 5.10 Å². The fraction of sp³-hybridized carbons (Fsp3) is 0.222. The number of hydrogen-bond acceptors (Lipinski definition) is 1. The molecule has 0 saturated carbocycles. The van der Waals surface area contributed by atoms with Crippen molar-refractivity contribution in [3.05, 3.63) is 30.0 Å². The second-order valence-electron chi connectivity index (χ2n) is 2.77. The quantitative estimate of drug-likeness (QED) is 0.742. The number of nitrogens with zero attached hydrogens (tertiary/aromatic N) is 1. The minimum Gasteiger partial charge on any atom is -0.280 e. The number of rotatable bonds is 1. The van der Waals surface area contributed by atoms with Crippen molar-refractivity contribution in [1.82, 2.24) is 10.2 Å². The Balaban J connectivity index is 2.70. The van der Waals surface area contributed by atoms with Crippen LogP contribution in [0.25, 0.3) is 10.9 Å². The molecule has 0 fully saturated rings. The average molecular weight is 225 g/mol. The molecule has 0 saturated heterocycles. The first-order valence-electron chi connectivity index (χ1n) is 3.86. The van der Waals surface area contributed by atoms with Gasteiger partial charge < -0.3 is 0 Å². The van der Waals surface area contributed by atoms with Gasteiger partial charge in [-0.1, -0.05) is 34.1 Å². The monoisotopic (exact) mass is 224 g/mol. The van der Waals surface area contributed by atoms with Crippen LogP contribution in [0.2, 0.25) is 0 Å². The van der Waals surface area contributed by atoms with Crippen LogP contribution in [0.5, 0.6) is 0 Å². The van der Waals surface area contributed by atoms with Gasteiger partial charge in [0.05, 0.1) is 16.0 Å². The van der Waals surface area contributed by atoms with E-state index in [4.69, 9.17) is 0 Å². The minimum absolute atomic E-state index is 0.324. The summed E-state index contributed by atoms with van der Waals surface area (Å²) in [6.07, 6.45) is 0. The van der Waals surface area contributed by atoms with Gasteiger partial charge in [0, 0.05) is 5.39 Å². The smallest absolute Gasteiger partial charge is 0.0924 e. The molecule has 2 rings (SSSR count). The number of para-hydroxylation sites is 1. The van der Waals surface area contributed by atoms with E-state index >= 15 is 0 Å². The first-order chi connectivity index (χ1) is 5.79. The van der Waals surface area contributed by atoms with Gasteiger partial charge in [0.2, 0.25) is 0 Å². The van der Waals surface area contributed by atoms with Crippen molar-refractivity contribution in [3.8, 4) is 0 Å². The van der Waals surface area contributed by atoms with E-state index in [0.29, 0.717) is 4.83 Å². The Hall–Kier alpha value is -0.830. The lowest BCUT2D eigenvalue weighted by Gasteiger charge is -1.97. The van der Waals surface area contributed by atoms with Gasteiger partial charge in [-0.05, 0) is 13.0 Å². The highest BCUT2D eigenvalue weighted by atomic mass is 79.9. The maximum Gasteiger partial charge on any atom is 0.0924 e. The van der Waals surface area contributed by atoms with Gasteiger partial charge in [-0.15, -0.1) is 0 Å². The molecule has 2 nitrogen and oxygen atoms in total. The van der Waals surface area contributed by atoms with Gasteiger partial charge in [0.1, 0.15) is 0 Å². The molecule has 0 amide bonds. The van der Waals surface area contributed by atoms with Crippen molar-refractivity contribution in [1.29, 1.82) is 0 Å². The predicted octanol–water partition coefficient (Wildman–Crippen LogP) is 3.02. The van der Waals surface area contributed by atoms with Gasteiger partial charge in [-0.3, -0.25) is 5.10 Å². The summed E-state index contributed by atoms with van der Waals surface area (Å²) >= 11 is 3.51. The number of aromatic nitrogens is 2. The number of halogens is 1. The summed E-state index contributed by atoms with van der Waals surface area (Å²) in [7, 11) is 0. The largest absolute Gasteiger partial charge is 0.280 e. The van der Waals surface area contributed by atoms with Crippen LogP contribution in [0.15, 0.2) is 24.3 Å². The standard InChI is InChI=1S/C9H9BrN2/c1-6(10)9-7-4-2-3-5-8(7)11-12-9/h2-6H,1H3,(H,11,12). The fourth-order valence-electron chi connectivity index (χ4n) is 1.28. The average Bonchev–Trinajstić information content (AvgIpc) is 2.47. The SMILES string of the molecule is CC(Br)c1[nH]nc2ccccc12. The predicted molar refractivity (Wildman–Crippen MR) is 53.4 cm³/mol. The summed E-state index contributed by atoms with van der Waals surface area (Å²) in [4.78, 5) is 0.324. The fourth-order valence-corrected chi connectivity index (χ4v) is 1.63. The molecule has 1 heterocycles. The van der Waals surface area contributed by atoms with Crippen LogP contribution in [-0.4, -0.2) is 10.2 Å². The van der Waals surface area contributed by atoms with Crippen LogP contribution in [0, 0.1) is 0 Å².